The molecular formula is C14H12N4O. The largest absolute Gasteiger partial charge is 0.366 e. The highest BCUT2D eigenvalue weighted by Crippen LogP contribution is 2.21. The fourth-order valence-corrected chi connectivity index (χ4v) is 2.09. The van der Waals surface area contributed by atoms with Gasteiger partial charge in [-0.2, -0.15) is 5.10 Å². The average Bonchev–Trinajstić information content (AvgIpc) is 2.77. The molecule has 0 saturated heterocycles. The van der Waals surface area contributed by atoms with Gasteiger partial charge in [0.05, 0.1) is 17.4 Å². The third-order valence-electron chi connectivity index (χ3n) is 3.09. The summed E-state index contributed by atoms with van der Waals surface area (Å²) in [5, 5.41) is 5.42. The van der Waals surface area contributed by atoms with Gasteiger partial charge in [-0.25, -0.2) is 4.68 Å². The standard InChI is InChI=1S/C14H12N4O/c1-9-12-7-10(14(15)19)4-5-13(12)17-18(9)11-3-2-6-16-8-11/h2-8H,1H3,(H2,15,19). The minimum atomic E-state index is -0.435. The summed E-state index contributed by atoms with van der Waals surface area (Å²) in [4.78, 5) is 15.3. The number of primary amides is 1. The molecule has 1 amide bonds. The number of benzene rings is 1. The molecule has 0 atom stereocenters. The summed E-state index contributed by atoms with van der Waals surface area (Å²) in [6.07, 6.45) is 3.46. The van der Waals surface area contributed by atoms with Gasteiger partial charge >= 0.3 is 0 Å². The highest BCUT2D eigenvalue weighted by Gasteiger charge is 2.11. The maximum atomic E-state index is 11.2. The maximum Gasteiger partial charge on any atom is 0.248 e. The molecule has 2 N–H and O–H groups in total. The lowest BCUT2D eigenvalue weighted by molar-refractivity contribution is 0.100. The van der Waals surface area contributed by atoms with Gasteiger partial charge in [-0.3, -0.25) is 9.78 Å². The second kappa shape index (κ2) is 4.20. The third-order valence-corrected chi connectivity index (χ3v) is 3.09. The van der Waals surface area contributed by atoms with Crippen molar-refractivity contribution in [3.05, 3.63) is 54.0 Å². The van der Waals surface area contributed by atoms with E-state index in [1.165, 1.54) is 0 Å². The summed E-state index contributed by atoms with van der Waals surface area (Å²) in [6.45, 7) is 1.95. The number of carbonyl (C=O) groups is 1. The summed E-state index contributed by atoms with van der Waals surface area (Å²) in [5.74, 6) is -0.435. The lowest BCUT2D eigenvalue weighted by Gasteiger charge is -2.02. The number of amides is 1. The second-order valence-corrected chi connectivity index (χ2v) is 4.30. The predicted molar refractivity (Wildman–Crippen MR) is 72.1 cm³/mol. The Kier molecular flexibility index (Phi) is 2.52. The van der Waals surface area contributed by atoms with Crippen molar-refractivity contribution in [3.8, 4) is 5.69 Å². The van der Waals surface area contributed by atoms with Gasteiger partial charge in [0.25, 0.3) is 0 Å². The molecule has 1 aromatic carbocycles. The molecule has 0 fully saturated rings. The van der Waals surface area contributed by atoms with Crippen molar-refractivity contribution in [1.82, 2.24) is 14.8 Å². The van der Waals surface area contributed by atoms with E-state index in [0.29, 0.717) is 5.56 Å². The first-order valence-electron chi connectivity index (χ1n) is 5.86. The summed E-state index contributed by atoms with van der Waals surface area (Å²) in [6, 6.07) is 9.05. The van der Waals surface area contributed by atoms with Crippen LogP contribution < -0.4 is 5.73 Å². The number of carbonyl (C=O) groups excluding carboxylic acids is 1. The smallest absolute Gasteiger partial charge is 0.248 e. The molecule has 94 valence electrons. The van der Waals surface area contributed by atoms with Crippen molar-refractivity contribution in [2.45, 2.75) is 6.92 Å². The Hall–Kier alpha value is -2.69. The molecule has 2 heterocycles. The predicted octanol–water partition coefficient (Wildman–Crippen LogP) is 1.83. The Morgan fingerprint density at radius 1 is 1.32 bits per heavy atom. The van der Waals surface area contributed by atoms with Crippen LogP contribution >= 0.6 is 0 Å². The highest BCUT2D eigenvalue weighted by molar-refractivity contribution is 5.97. The van der Waals surface area contributed by atoms with Crippen LogP contribution in [0.3, 0.4) is 0 Å². The number of pyridine rings is 1. The number of aromatic nitrogens is 3. The first kappa shape index (κ1) is 11.4. The fourth-order valence-electron chi connectivity index (χ4n) is 2.09. The molecule has 5 nitrogen and oxygen atoms in total. The number of nitrogens with zero attached hydrogens (tertiary/aromatic N) is 3. The van der Waals surface area contributed by atoms with E-state index in [-0.39, 0.29) is 0 Å². The van der Waals surface area contributed by atoms with E-state index in [9.17, 15) is 4.79 Å². The molecule has 0 aliphatic carbocycles. The van der Waals surface area contributed by atoms with Crippen LogP contribution in [0.2, 0.25) is 0 Å². The number of fused-ring (bicyclic) bond motifs is 1. The van der Waals surface area contributed by atoms with E-state index in [1.807, 2.05) is 23.7 Å². The summed E-state index contributed by atoms with van der Waals surface area (Å²) in [5.41, 5.74) is 8.45. The zero-order chi connectivity index (χ0) is 13.4. The Labute approximate surface area is 109 Å². The number of aryl methyl sites for hydroxylation is 1. The third kappa shape index (κ3) is 1.85. The molecule has 5 heteroatoms. The van der Waals surface area contributed by atoms with Crippen molar-refractivity contribution >= 4 is 16.8 Å². The first-order chi connectivity index (χ1) is 9.16. The normalized spacial score (nSPS) is 10.8. The van der Waals surface area contributed by atoms with Gasteiger partial charge in [0, 0.05) is 22.8 Å². The lowest BCUT2D eigenvalue weighted by atomic mass is 10.1. The van der Waals surface area contributed by atoms with Crippen molar-refractivity contribution in [3.63, 3.8) is 0 Å². The number of nitrogens with two attached hydrogens (primary N) is 1. The van der Waals surface area contributed by atoms with Gasteiger partial charge in [-0.1, -0.05) is 0 Å². The minimum Gasteiger partial charge on any atom is -0.366 e. The van der Waals surface area contributed by atoms with Crippen LogP contribution in [0.4, 0.5) is 0 Å². The van der Waals surface area contributed by atoms with Gasteiger partial charge in [-0.05, 0) is 37.3 Å². The van der Waals surface area contributed by atoms with E-state index in [2.05, 4.69) is 10.1 Å². The number of rotatable bonds is 2. The number of hydrogen-bond donors (Lipinski definition) is 1. The zero-order valence-electron chi connectivity index (χ0n) is 10.4. The Balaban J connectivity index is 2.24. The second-order valence-electron chi connectivity index (χ2n) is 4.30. The van der Waals surface area contributed by atoms with E-state index in [4.69, 9.17) is 5.73 Å². The van der Waals surface area contributed by atoms with Gasteiger partial charge in [0.2, 0.25) is 5.91 Å². The van der Waals surface area contributed by atoms with E-state index < -0.39 is 5.91 Å². The SMILES string of the molecule is Cc1c2cc(C(N)=O)ccc2nn1-c1cccnc1. The zero-order valence-corrected chi connectivity index (χ0v) is 10.4. The van der Waals surface area contributed by atoms with Crippen LogP contribution in [0.5, 0.6) is 0 Å². The van der Waals surface area contributed by atoms with Gasteiger partial charge in [0.15, 0.2) is 0 Å². The Morgan fingerprint density at radius 3 is 2.84 bits per heavy atom. The van der Waals surface area contributed by atoms with Crippen LogP contribution in [0.1, 0.15) is 16.1 Å². The fraction of sp³-hybridized carbons (Fsp3) is 0.0714. The van der Waals surface area contributed by atoms with E-state index in [1.54, 1.807) is 30.6 Å². The van der Waals surface area contributed by atoms with Crippen molar-refractivity contribution in [2.75, 3.05) is 0 Å². The summed E-state index contributed by atoms with van der Waals surface area (Å²) < 4.78 is 1.81. The molecular weight excluding hydrogens is 240 g/mol. The molecule has 0 unspecified atom stereocenters. The quantitative estimate of drug-likeness (QED) is 0.756. The minimum absolute atomic E-state index is 0.435. The molecule has 0 bridgehead atoms. The van der Waals surface area contributed by atoms with Crippen molar-refractivity contribution in [2.24, 2.45) is 5.73 Å². The number of hydrogen-bond acceptors (Lipinski definition) is 3. The summed E-state index contributed by atoms with van der Waals surface area (Å²) >= 11 is 0. The first-order valence-corrected chi connectivity index (χ1v) is 5.86. The molecule has 0 spiro atoms. The molecule has 19 heavy (non-hydrogen) atoms. The lowest BCUT2D eigenvalue weighted by Crippen LogP contribution is -2.10. The van der Waals surface area contributed by atoms with Crippen molar-refractivity contribution < 1.29 is 4.79 Å². The monoisotopic (exact) mass is 252 g/mol. The topological polar surface area (TPSA) is 73.8 Å². The van der Waals surface area contributed by atoms with Crippen LogP contribution in [-0.4, -0.2) is 20.7 Å². The Morgan fingerprint density at radius 2 is 2.16 bits per heavy atom. The molecule has 3 rings (SSSR count). The maximum absolute atomic E-state index is 11.2. The average molecular weight is 252 g/mol. The van der Waals surface area contributed by atoms with Crippen molar-refractivity contribution in [1.29, 1.82) is 0 Å². The van der Waals surface area contributed by atoms with Gasteiger partial charge < -0.3 is 5.73 Å². The highest BCUT2D eigenvalue weighted by atomic mass is 16.1. The van der Waals surface area contributed by atoms with Crippen LogP contribution in [-0.2, 0) is 0 Å². The van der Waals surface area contributed by atoms with Gasteiger partial charge in [0.1, 0.15) is 0 Å². The molecule has 0 aliphatic heterocycles. The Bertz CT molecular complexity index is 762. The van der Waals surface area contributed by atoms with Crippen LogP contribution in [0, 0.1) is 6.92 Å². The van der Waals surface area contributed by atoms with Gasteiger partial charge in [-0.15, -0.1) is 0 Å². The molecule has 0 saturated carbocycles. The molecule has 2 aromatic heterocycles. The molecule has 0 radical (unpaired) electrons. The van der Waals surface area contributed by atoms with E-state index in [0.717, 1.165) is 22.3 Å². The molecule has 0 aliphatic rings. The van der Waals surface area contributed by atoms with Crippen LogP contribution in [0.25, 0.3) is 16.6 Å². The summed E-state index contributed by atoms with van der Waals surface area (Å²) in [7, 11) is 0. The van der Waals surface area contributed by atoms with Crippen LogP contribution in [0.15, 0.2) is 42.7 Å². The van der Waals surface area contributed by atoms with E-state index >= 15 is 0 Å². The molecule has 3 aromatic rings.